The Bertz CT molecular complexity index is 646. The highest BCUT2D eigenvalue weighted by Gasteiger charge is 2.10. The van der Waals surface area contributed by atoms with Crippen molar-refractivity contribution >= 4 is 46.7 Å². The van der Waals surface area contributed by atoms with Gasteiger partial charge in [-0.3, -0.25) is 4.79 Å². The van der Waals surface area contributed by atoms with Gasteiger partial charge in [0.05, 0.1) is 11.4 Å². The summed E-state index contributed by atoms with van der Waals surface area (Å²) in [6.07, 6.45) is 1.96. The van der Waals surface area contributed by atoms with E-state index in [1.54, 1.807) is 23.9 Å². The topological polar surface area (TPSA) is 29.1 Å². The highest BCUT2D eigenvalue weighted by Crippen LogP contribution is 2.26. The largest absolute Gasteiger partial charge is 0.324 e. The number of amides is 1. The van der Waals surface area contributed by atoms with Crippen LogP contribution in [0.4, 0.5) is 10.1 Å². The van der Waals surface area contributed by atoms with E-state index >= 15 is 0 Å². The van der Waals surface area contributed by atoms with Crippen molar-refractivity contribution in [3.63, 3.8) is 0 Å². The zero-order chi connectivity index (χ0) is 15.9. The van der Waals surface area contributed by atoms with Crippen molar-refractivity contribution < 1.29 is 9.18 Å². The van der Waals surface area contributed by atoms with Gasteiger partial charge in [0.1, 0.15) is 5.82 Å². The monoisotopic (exact) mass is 355 g/mol. The fourth-order valence-electron chi connectivity index (χ4n) is 1.85. The molecule has 0 fully saturated rings. The van der Waals surface area contributed by atoms with E-state index in [1.165, 1.54) is 17.8 Å². The number of benzene rings is 2. The molecule has 0 unspecified atom stereocenters. The summed E-state index contributed by atoms with van der Waals surface area (Å²) in [6, 6.07) is 12.2. The van der Waals surface area contributed by atoms with Gasteiger partial charge in [0.2, 0.25) is 5.91 Å². The molecule has 0 radical (unpaired) electrons. The molecule has 0 heterocycles. The van der Waals surface area contributed by atoms with E-state index in [0.717, 1.165) is 10.6 Å². The number of nitrogens with one attached hydrogen (secondary N) is 1. The molecule has 22 heavy (non-hydrogen) atoms. The van der Waals surface area contributed by atoms with Crippen molar-refractivity contribution in [2.75, 3.05) is 17.3 Å². The van der Waals surface area contributed by atoms with E-state index < -0.39 is 0 Å². The zero-order valence-electron chi connectivity index (χ0n) is 11.9. The van der Waals surface area contributed by atoms with Gasteiger partial charge >= 0.3 is 0 Å². The van der Waals surface area contributed by atoms with E-state index in [9.17, 15) is 9.18 Å². The third-order valence-corrected chi connectivity index (χ3v) is 5.03. The molecule has 0 spiro atoms. The first-order valence-corrected chi connectivity index (χ1v) is 9.31. The maximum atomic E-state index is 13.6. The molecule has 0 atom stereocenters. The molecule has 0 aliphatic heterocycles. The lowest BCUT2D eigenvalue weighted by Gasteiger charge is -2.09. The molecule has 2 aromatic rings. The van der Waals surface area contributed by atoms with Crippen LogP contribution in [0.3, 0.4) is 0 Å². The van der Waals surface area contributed by atoms with Gasteiger partial charge < -0.3 is 5.32 Å². The summed E-state index contributed by atoms with van der Waals surface area (Å²) in [6.45, 7) is 0. The molecule has 116 valence electrons. The number of carbonyl (C=O) groups is 1. The fourth-order valence-corrected chi connectivity index (χ4v) is 3.57. The first-order chi connectivity index (χ1) is 10.6. The minimum atomic E-state index is -0.340. The molecule has 2 rings (SSSR count). The van der Waals surface area contributed by atoms with Crippen LogP contribution in [-0.4, -0.2) is 17.9 Å². The summed E-state index contributed by atoms with van der Waals surface area (Å²) < 4.78 is 13.6. The summed E-state index contributed by atoms with van der Waals surface area (Å²) in [5, 5.41) is 3.26. The molecule has 6 heteroatoms. The second-order valence-corrected chi connectivity index (χ2v) is 6.68. The van der Waals surface area contributed by atoms with E-state index in [1.807, 2.05) is 30.5 Å². The van der Waals surface area contributed by atoms with Crippen molar-refractivity contribution in [3.8, 4) is 0 Å². The number of para-hydroxylation sites is 1. The van der Waals surface area contributed by atoms with Crippen molar-refractivity contribution in [2.45, 2.75) is 10.6 Å². The number of hydrogen-bond acceptors (Lipinski definition) is 3. The van der Waals surface area contributed by atoms with Crippen LogP contribution in [0.5, 0.6) is 0 Å². The first kappa shape index (κ1) is 17.2. The maximum Gasteiger partial charge on any atom is 0.234 e. The van der Waals surface area contributed by atoms with Crippen LogP contribution in [0.1, 0.15) is 5.56 Å². The van der Waals surface area contributed by atoms with Gasteiger partial charge in [-0.1, -0.05) is 29.8 Å². The second-order valence-electron chi connectivity index (χ2n) is 4.44. The Morgan fingerprint density at radius 3 is 2.73 bits per heavy atom. The van der Waals surface area contributed by atoms with E-state index in [2.05, 4.69) is 5.32 Å². The van der Waals surface area contributed by atoms with Crippen LogP contribution in [0.25, 0.3) is 0 Å². The molecule has 0 aliphatic carbocycles. The molecule has 2 aromatic carbocycles. The third kappa shape index (κ3) is 4.66. The summed E-state index contributed by atoms with van der Waals surface area (Å²) in [5.74, 6) is 0.156. The maximum absolute atomic E-state index is 13.6. The van der Waals surface area contributed by atoms with Gasteiger partial charge in [-0.25, -0.2) is 4.39 Å². The Balaban J connectivity index is 1.88. The summed E-state index contributed by atoms with van der Waals surface area (Å²) in [7, 11) is 0. The molecular formula is C16H15ClFNOS2. The van der Waals surface area contributed by atoms with Gasteiger partial charge in [-0.15, -0.1) is 23.5 Å². The van der Waals surface area contributed by atoms with Gasteiger partial charge in [-0.05, 0) is 30.5 Å². The minimum absolute atomic E-state index is 0.112. The lowest BCUT2D eigenvalue weighted by atomic mass is 10.2. The number of halogens is 2. The summed E-state index contributed by atoms with van der Waals surface area (Å²) in [4.78, 5) is 13.0. The first-order valence-electron chi connectivity index (χ1n) is 6.55. The number of rotatable bonds is 6. The van der Waals surface area contributed by atoms with Crippen LogP contribution >= 0.6 is 35.1 Å². The third-order valence-electron chi connectivity index (χ3n) is 2.92. The molecule has 0 aromatic heterocycles. The van der Waals surface area contributed by atoms with Crippen molar-refractivity contribution in [1.82, 2.24) is 0 Å². The summed E-state index contributed by atoms with van der Waals surface area (Å²) >= 11 is 8.86. The van der Waals surface area contributed by atoms with E-state index in [-0.39, 0.29) is 17.5 Å². The van der Waals surface area contributed by atoms with Gasteiger partial charge in [0, 0.05) is 21.2 Å². The number of carbonyl (C=O) groups excluding carboxylic acids is 1. The smallest absolute Gasteiger partial charge is 0.234 e. The van der Waals surface area contributed by atoms with Crippen LogP contribution < -0.4 is 5.32 Å². The Hall–Kier alpha value is -1.17. The Kier molecular flexibility index (Phi) is 6.61. The number of anilines is 1. The minimum Gasteiger partial charge on any atom is -0.324 e. The van der Waals surface area contributed by atoms with Crippen LogP contribution in [0.2, 0.25) is 5.02 Å². The normalized spacial score (nSPS) is 10.5. The number of hydrogen-bond donors (Lipinski definition) is 1. The SMILES string of the molecule is CSc1ccccc1NC(=O)CSCc1c(F)cccc1Cl. The molecular weight excluding hydrogens is 341 g/mol. The van der Waals surface area contributed by atoms with Gasteiger partial charge in [0.15, 0.2) is 0 Å². The Morgan fingerprint density at radius 1 is 1.23 bits per heavy atom. The fraction of sp³-hybridized carbons (Fsp3) is 0.188. The summed E-state index contributed by atoms with van der Waals surface area (Å²) in [5.41, 5.74) is 1.23. The average molecular weight is 356 g/mol. The second kappa shape index (κ2) is 8.46. The molecule has 0 aliphatic rings. The molecule has 0 bridgehead atoms. The molecule has 1 amide bonds. The predicted octanol–water partition coefficient (Wildman–Crippen LogP) is 5.07. The highest BCUT2D eigenvalue weighted by molar-refractivity contribution is 7.99. The highest BCUT2D eigenvalue weighted by atomic mass is 35.5. The quantitative estimate of drug-likeness (QED) is 0.733. The van der Waals surface area contributed by atoms with Gasteiger partial charge in [-0.2, -0.15) is 0 Å². The lowest BCUT2D eigenvalue weighted by Crippen LogP contribution is -2.14. The Morgan fingerprint density at radius 2 is 2.00 bits per heavy atom. The van der Waals surface area contributed by atoms with Crippen LogP contribution in [0, 0.1) is 5.82 Å². The lowest BCUT2D eigenvalue weighted by molar-refractivity contribution is -0.113. The van der Waals surface area contributed by atoms with Gasteiger partial charge in [0.25, 0.3) is 0 Å². The van der Waals surface area contributed by atoms with E-state index in [4.69, 9.17) is 11.6 Å². The predicted molar refractivity (Wildman–Crippen MR) is 94.4 cm³/mol. The standard InChI is InChI=1S/C16H15ClFNOS2/c1-21-15-8-3-2-7-14(15)19-16(20)10-22-9-11-12(17)5-4-6-13(11)18/h2-8H,9-10H2,1H3,(H,19,20). The van der Waals surface area contributed by atoms with E-state index in [0.29, 0.717) is 16.3 Å². The van der Waals surface area contributed by atoms with Crippen molar-refractivity contribution in [1.29, 1.82) is 0 Å². The molecule has 0 saturated heterocycles. The van der Waals surface area contributed by atoms with Crippen LogP contribution in [-0.2, 0) is 10.5 Å². The Labute approximate surface area is 142 Å². The van der Waals surface area contributed by atoms with Crippen molar-refractivity contribution in [3.05, 3.63) is 58.9 Å². The van der Waals surface area contributed by atoms with Crippen molar-refractivity contribution in [2.24, 2.45) is 0 Å². The van der Waals surface area contributed by atoms with Crippen LogP contribution in [0.15, 0.2) is 47.4 Å². The molecule has 0 saturated carbocycles. The average Bonchev–Trinajstić information content (AvgIpc) is 2.51. The molecule has 1 N–H and O–H groups in total. The molecule has 2 nitrogen and oxygen atoms in total. The number of thioether (sulfide) groups is 2. The zero-order valence-corrected chi connectivity index (χ0v) is 14.3.